The van der Waals surface area contributed by atoms with E-state index in [4.69, 9.17) is 9.15 Å². The van der Waals surface area contributed by atoms with E-state index >= 15 is 0 Å². The van der Waals surface area contributed by atoms with Crippen molar-refractivity contribution in [3.05, 3.63) is 35.1 Å². The molecule has 0 radical (unpaired) electrons. The second-order valence-corrected chi connectivity index (χ2v) is 7.42. The van der Waals surface area contributed by atoms with E-state index in [1.165, 1.54) is 6.42 Å². The van der Waals surface area contributed by atoms with Gasteiger partial charge in [0.2, 0.25) is 0 Å². The van der Waals surface area contributed by atoms with Crippen molar-refractivity contribution in [1.82, 2.24) is 5.32 Å². The molecule has 1 saturated carbocycles. The topological polar surface area (TPSA) is 68.5 Å². The van der Waals surface area contributed by atoms with Gasteiger partial charge in [-0.25, -0.2) is 0 Å². The van der Waals surface area contributed by atoms with E-state index in [1.54, 1.807) is 6.26 Å². The van der Waals surface area contributed by atoms with Crippen molar-refractivity contribution in [3.8, 4) is 0 Å². The van der Waals surface area contributed by atoms with Crippen LogP contribution in [0.25, 0.3) is 11.0 Å². The first-order chi connectivity index (χ1) is 12.5. The van der Waals surface area contributed by atoms with Gasteiger partial charge in [0.05, 0.1) is 12.7 Å². The summed E-state index contributed by atoms with van der Waals surface area (Å²) in [4.78, 5) is 24.2. The monoisotopic (exact) mass is 357 g/mol. The molecular weight excluding hydrogens is 330 g/mol. The number of fused-ring (bicyclic) bond motifs is 1. The average molecular weight is 357 g/mol. The summed E-state index contributed by atoms with van der Waals surface area (Å²) in [6.45, 7) is 5.96. The summed E-state index contributed by atoms with van der Waals surface area (Å²) in [5, 5.41) is 3.91. The normalized spacial score (nSPS) is 20.1. The van der Waals surface area contributed by atoms with E-state index in [1.807, 2.05) is 26.0 Å². The van der Waals surface area contributed by atoms with Gasteiger partial charge in [0.25, 0.3) is 5.91 Å². The third-order valence-corrected chi connectivity index (χ3v) is 5.50. The summed E-state index contributed by atoms with van der Waals surface area (Å²) in [6.07, 6.45) is 6.20. The Balaban J connectivity index is 1.53. The van der Waals surface area contributed by atoms with Crippen LogP contribution in [0.2, 0.25) is 0 Å². The molecule has 5 nitrogen and oxygen atoms in total. The number of ether oxygens (including phenoxy) is 1. The van der Waals surface area contributed by atoms with Crippen LogP contribution in [-0.4, -0.2) is 24.5 Å². The summed E-state index contributed by atoms with van der Waals surface area (Å²) < 4.78 is 10.8. The van der Waals surface area contributed by atoms with Gasteiger partial charge in [-0.3, -0.25) is 9.59 Å². The maximum Gasteiger partial charge on any atom is 0.310 e. The molecule has 1 fully saturated rings. The Labute approximate surface area is 154 Å². The van der Waals surface area contributed by atoms with Crippen molar-refractivity contribution in [1.29, 1.82) is 0 Å². The van der Waals surface area contributed by atoms with Crippen LogP contribution in [0.15, 0.2) is 22.8 Å². The molecule has 5 heteroatoms. The first-order valence-electron chi connectivity index (χ1n) is 9.37. The second kappa shape index (κ2) is 7.94. The summed E-state index contributed by atoms with van der Waals surface area (Å²) >= 11 is 0. The zero-order chi connectivity index (χ0) is 18.7. The molecule has 1 aliphatic rings. The summed E-state index contributed by atoms with van der Waals surface area (Å²) in [5.41, 5.74) is 3.81. The molecule has 1 aromatic carbocycles. The Morgan fingerprint density at radius 2 is 2.00 bits per heavy atom. The summed E-state index contributed by atoms with van der Waals surface area (Å²) in [6, 6.07) is 4.17. The third-order valence-electron chi connectivity index (χ3n) is 5.50. The van der Waals surface area contributed by atoms with E-state index in [2.05, 4.69) is 12.2 Å². The molecule has 1 aliphatic carbocycles. The van der Waals surface area contributed by atoms with Gasteiger partial charge in [0.1, 0.15) is 5.58 Å². The highest BCUT2D eigenvalue weighted by molar-refractivity contribution is 5.89. The van der Waals surface area contributed by atoms with Gasteiger partial charge in [-0.1, -0.05) is 31.9 Å². The highest BCUT2D eigenvalue weighted by Crippen LogP contribution is 2.27. The van der Waals surface area contributed by atoms with Crippen molar-refractivity contribution in [3.63, 3.8) is 0 Å². The molecule has 140 valence electrons. The molecule has 0 bridgehead atoms. The lowest BCUT2D eigenvalue weighted by atomic mass is 9.86. The van der Waals surface area contributed by atoms with E-state index in [0.717, 1.165) is 46.9 Å². The summed E-state index contributed by atoms with van der Waals surface area (Å²) in [5.74, 6) is -0.161. The number of nitrogens with one attached hydrogen (secondary N) is 1. The minimum Gasteiger partial charge on any atom is -0.464 e. The van der Waals surface area contributed by atoms with E-state index in [0.29, 0.717) is 5.92 Å². The van der Waals surface area contributed by atoms with Crippen molar-refractivity contribution >= 4 is 22.8 Å². The fourth-order valence-electron chi connectivity index (χ4n) is 3.66. The highest BCUT2D eigenvalue weighted by Gasteiger charge is 2.23. The first-order valence-corrected chi connectivity index (χ1v) is 9.37. The smallest absolute Gasteiger partial charge is 0.310 e. The Hall–Kier alpha value is -2.30. The van der Waals surface area contributed by atoms with Gasteiger partial charge in [-0.2, -0.15) is 0 Å². The van der Waals surface area contributed by atoms with Gasteiger partial charge in [0.15, 0.2) is 6.61 Å². The number of hydrogen-bond acceptors (Lipinski definition) is 4. The third kappa shape index (κ3) is 4.09. The van der Waals surface area contributed by atoms with Gasteiger partial charge < -0.3 is 14.5 Å². The SMILES string of the molecule is Cc1ccc2c(CC(=O)OCC(=O)N[C@H]3CCCC[C@@H]3C)coc2c1C. The minimum absolute atomic E-state index is 0.0998. The second-order valence-electron chi connectivity index (χ2n) is 7.42. The van der Waals surface area contributed by atoms with Crippen LogP contribution in [0, 0.1) is 19.8 Å². The number of aryl methyl sites for hydroxylation is 2. The molecule has 1 aromatic heterocycles. The molecule has 0 spiro atoms. The molecule has 3 rings (SSSR count). The predicted molar refractivity (Wildman–Crippen MR) is 99.9 cm³/mol. The Morgan fingerprint density at radius 1 is 1.23 bits per heavy atom. The maximum absolute atomic E-state index is 12.1. The number of amides is 1. The van der Waals surface area contributed by atoms with Crippen LogP contribution in [0.3, 0.4) is 0 Å². The number of furan rings is 1. The van der Waals surface area contributed by atoms with Crippen LogP contribution in [0.1, 0.15) is 49.3 Å². The van der Waals surface area contributed by atoms with Crippen LogP contribution in [0.5, 0.6) is 0 Å². The minimum atomic E-state index is -0.419. The molecule has 1 heterocycles. The predicted octanol–water partition coefficient (Wildman–Crippen LogP) is 3.83. The average Bonchev–Trinajstić information content (AvgIpc) is 3.02. The lowest BCUT2D eigenvalue weighted by Crippen LogP contribution is -2.42. The number of esters is 1. The van der Waals surface area contributed by atoms with Gasteiger partial charge in [0, 0.05) is 17.0 Å². The first kappa shape index (κ1) is 18.5. The highest BCUT2D eigenvalue weighted by atomic mass is 16.5. The van der Waals surface area contributed by atoms with Crippen LogP contribution in [-0.2, 0) is 20.7 Å². The maximum atomic E-state index is 12.1. The zero-order valence-corrected chi connectivity index (χ0v) is 15.8. The number of carbonyl (C=O) groups excluding carboxylic acids is 2. The standard InChI is InChI=1S/C21H27NO4/c1-13-8-9-17-16(11-26-21(17)15(13)3)10-20(24)25-12-19(23)22-18-7-5-4-6-14(18)2/h8-9,11,14,18H,4-7,10,12H2,1-3H3,(H,22,23)/t14-,18-/m0/s1. The van der Waals surface area contributed by atoms with Crippen LogP contribution in [0.4, 0.5) is 0 Å². The molecular formula is C21H27NO4. The van der Waals surface area contributed by atoms with E-state index in [-0.39, 0.29) is 25.0 Å². The van der Waals surface area contributed by atoms with Crippen molar-refractivity contribution in [2.45, 2.75) is 58.9 Å². The summed E-state index contributed by atoms with van der Waals surface area (Å²) in [7, 11) is 0. The lowest BCUT2D eigenvalue weighted by Gasteiger charge is -2.29. The number of benzene rings is 1. The van der Waals surface area contributed by atoms with Crippen molar-refractivity contribution in [2.24, 2.45) is 5.92 Å². The lowest BCUT2D eigenvalue weighted by molar-refractivity contribution is -0.148. The largest absolute Gasteiger partial charge is 0.464 e. The Kier molecular flexibility index (Phi) is 5.64. The van der Waals surface area contributed by atoms with Gasteiger partial charge in [-0.15, -0.1) is 0 Å². The van der Waals surface area contributed by atoms with E-state index < -0.39 is 5.97 Å². The van der Waals surface area contributed by atoms with E-state index in [9.17, 15) is 9.59 Å². The molecule has 1 N–H and O–H groups in total. The molecule has 0 aliphatic heterocycles. The molecule has 2 aromatic rings. The molecule has 1 amide bonds. The van der Waals surface area contributed by atoms with Gasteiger partial charge in [-0.05, 0) is 43.7 Å². The fourth-order valence-corrected chi connectivity index (χ4v) is 3.66. The van der Waals surface area contributed by atoms with Crippen LogP contribution < -0.4 is 5.32 Å². The molecule has 0 unspecified atom stereocenters. The Morgan fingerprint density at radius 3 is 2.77 bits per heavy atom. The zero-order valence-electron chi connectivity index (χ0n) is 15.8. The molecule has 2 atom stereocenters. The van der Waals surface area contributed by atoms with Crippen molar-refractivity contribution in [2.75, 3.05) is 6.61 Å². The molecule has 26 heavy (non-hydrogen) atoms. The quantitative estimate of drug-likeness (QED) is 0.826. The number of hydrogen-bond donors (Lipinski definition) is 1. The van der Waals surface area contributed by atoms with Crippen LogP contribution >= 0.6 is 0 Å². The van der Waals surface area contributed by atoms with Crippen molar-refractivity contribution < 1.29 is 18.7 Å². The number of rotatable bonds is 5. The Bertz CT molecular complexity index is 808. The molecule has 0 saturated heterocycles. The number of carbonyl (C=O) groups is 2. The van der Waals surface area contributed by atoms with Gasteiger partial charge >= 0.3 is 5.97 Å². The fraction of sp³-hybridized carbons (Fsp3) is 0.524.